The number of fused-ring (bicyclic) bond motifs is 2. The van der Waals surface area contributed by atoms with Crippen LogP contribution in [0.5, 0.6) is 0 Å². The van der Waals surface area contributed by atoms with Gasteiger partial charge in [0.05, 0.1) is 22.3 Å². The molecule has 2 aromatic rings. The average Bonchev–Trinajstić information content (AvgIpc) is 3.13. The van der Waals surface area contributed by atoms with Gasteiger partial charge < -0.3 is 15.5 Å². The summed E-state index contributed by atoms with van der Waals surface area (Å²) < 4.78 is 0. The summed E-state index contributed by atoms with van der Waals surface area (Å²) in [5.41, 5.74) is 2.95. The van der Waals surface area contributed by atoms with Crippen molar-refractivity contribution in [2.45, 2.75) is 18.5 Å². The zero-order valence-electron chi connectivity index (χ0n) is 17.6. The summed E-state index contributed by atoms with van der Waals surface area (Å²) in [4.78, 5) is 37.6. The van der Waals surface area contributed by atoms with Crippen molar-refractivity contribution >= 4 is 47.1 Å². The maximum Gasteiger partial charge on any atom is 0.270 e. The lowest BCUT2D eigenvalue weighted by Crippen LogP contribution is -2.40. The third kappa shape index (κ3) is 4.77. The molecule has 0 saturated carbocycles. The van der Waals surface area contributed by atoms with E-state index >= 15 is 0 Å². The number of amides is 2. The number of benzene rings is 2. The van der Waals surface area contributed by atoms with E-state index in [9.17, 15) is 19.7 Å². The Bertz CT molecular complexity index is 1090. The van der Waals surface area contributed by atoms with E-state index in [0.717, 1.165) is 17.7 Å². The average molecular weight is 453 g/mol. The molecule has 9 heteroatoms. The van der Waals surface area contributed by atoms with Crippen LogP contribution in [0.25, 0.3) is 12.2 Å². The minimum absolute atomic E-state index is 0.00506. The van der Waals surface area contributed by atoms with Crippen LogP contribution in [0.2, 0.25) is 0 Å². The molecule has 1 fully saturated rings. The monoisotopic (exact) mass is 452 g/mol. The van der Waals surface area contributed by atoms with Crippen LogP contribution >= 0.6 is 11.8 Å². The van der Waals surface area contributed by atoms with Crippen LogP contribution in [-0.2, 0) is 4.79 Å². The van der Waals surface area contributed by atoms with E-state index < -0.39 is 4.92 Å². The topological polar surface area (TPSA) is 105 Å². The Morgan fingerprint density at radius 2 is 2.06 bits per heavy atom. The van der Waals surface area contributed by atoms with Gasteiger partial charge in [0, 0.05) is 37.0 Å². The molecule has 4 rings (SSSR count). The molecule has 2 aliphatic heterocycles. The van der Waals surface area contributed by atoms with Gasteiger partial charge in [0.15, 0.2) is 0 Å². The first kappa shape index (κ1) is 21.9. The summed E-state index contributed by atoms with van der Waals surface area (Å²) in [6.07, 6.45) is 6.24. The number of nitrogens with one attached hydrogen (secondary N) is 2. The lowest BCUT2D eigenvalue weighted by molar-refractivity contribution is -0.384. The minimum Gasteiger partial charge on any atom is -0.382 e. The fourth-order valence-corrected chi connectivity index (χ4v) is 4.52. The molecule has 1 unspecified atom stereocenters. The molecule has 2 heterocycles. The van der Waals surface area contributed by atoms with E-state index in [1.165, 1.54) is 23.9 Å². The molecule has 2 aromatic carbocycles. The lowest BCUT2D eigenvalue weighted by Gasteiger charge is -2.21. The van der Waals surface area contributed by atoms with Crippen LogP contribution in [0, 0.1) is 10.1 Å². The maximum absolute atomic E-state index is 13.3. The molecule has 2 N–H and O–H groups in total. The number of anilines is 1. The van der Waals surface area contributed by atoms with Gasteiger partial charge in [-0.2, -0.15) is 11.8 Å². The minimum atomic E-state index is -0.423. The zero-order valence-corrected chi connectivity index (χ0v) is 18.4. The first-order valence-corrected chi connectivity index (χ1v) is 11.7. The molecule has 2 atom stereocenters. The van der Waals surface area contributed by atoms with Gasteiger partial charge in [-0.1, -0.05) is 30.4 Å². The second kappa shape index (κ2) is 9.44. The van der Waals surface area contributed by atoms with E-state index in [0.29, 0.717) is 30.0 Å². The molecule has 2 amide bonds. The number of nitro groups is 1. The van der Waals surface area contributed by atoms with Crippen LogP contribution < -0.4 is 10.6 Å². The van der Waals surface area contributed by atoms with Gasteiger partial charge in [-0.3, -0.25) is 19.7 Å². The standard InChI is InChI=1S/C23H24N4O4S/c1-32-14-22(28)25-17-11-19-12-24-21-8-7-16(10-20(21)23(29)26(19)13-17)6-5-15-3-2-4-18(9-15)27(30)31/h2-10,17,19,24H,11-14H2,1H3,(H,25,28)/b6-5+/t17?,19-/m0/s1. The highest BCUT2D eigenvalue weighted by atomic mass is 32.2. The molecule has 0 aromatic heterocycles. The summed E-state index contributed by atoms with van der Waals surface area (Å²) in [6, 6.07) is 12.0. The SMILES string of the molecule is CSCC(=O)NC1C[C@H]2CNc3ccc(/C=C/c4cccc([N+](=O)[O-])c4)cc3C(=O)N2C1. The summed E-state index contributed by atoms with van der Waals surface area (Å²) in [6.45, 7) is 1.13. The summed E-state index contributed by atoms with van der Waals surface area (Å²) in [5.74, 6) is 0.355. The number of hydrogen-bond donors (Lipinski definition) is 2. The van der Waals surface area contributed by atoms with Gasteiger partial charge in [-0.05, 0) is 35.9 Å². The molecular formula is C23H24N4O4S. The number of rotatable bonds is 6. The fourth-order valence-electron chi connectivity index (χ4n) is 4.18. The van der Waals surface area contributed by atoms with Crippen molar-refractivity contribution in [1.82, 2.24) is 10.2 Å². The zero-order chi connectivity index (χ0) is 22.7. The summed E-state index contributed by atoms with van der Waals surface area (Å²) in [5, 5.41) is 17.4. The Kier molecular flexibility index (Phi) is 6.45. The molecule has 0 radical (unpaired) electrons. The van der Waals surface area contributed by atoms with E-state index in [-0.39, 0.29) is 29.6 Å². The van der Waals surface area contributed by atoms with E-state index in [4.69, 9.17) is 0 Å². The van der Waals surface area contributed by atoms with Crippen molar-refractivity contribution in [2.75, 3.05) is 30.4 Å². The first-order chi connectivity index (χ1) is 15.4. The normalized spacial score (nSPS) is 19.8. The van der Waals surface area contributed by atoms with Gasteiger partial charge in [0.1, 0.15) is 0 Å². The highest BCUT2D eigenvalue weighted by Crippen LogP contribution is 2.29. The van der Waals surface area contributed by atoms with Gasteiger partial charge in [0.2, 0.25) is 5.91 Å². The number of nitrogens with zero attached hydrogens (tertiary/aromatic N) is 2. The Labute approximate surface area is 190 Å². The van der Waals surface area contributed by atoms with Crippen molar-refractivity contribution in [3.8, 4) is 0 Å². The van der Waals surface area contributed by atoms with Crippen molar-refractivity contribution in [1.29, 1.82) is 0 Å². The van der Waals surface area contributed by atoms with Crippen LogP contribution in [0.1, 0.15) is 27.9 Å². The van der Waals surface area contributed by atoms with E-state index in [1.807, 2.05) is 35.4 Å². The Morgan fingerprint density at radius 3 is 2.81 bits per heavy atom. The van der Waals surface area contributed by atoms with Crippen LogP contribution in [-0.4, -0.2) is 58.8 Å². The lowest BCUT2D eigenvalue weighted by atomic mass is 10.1. The molecule has 0 bridgehead atoms. The second-order valence-electron chi connectivity index (χ2n) is 7.92. The largest absolute Gasteiger partial charge is 0.382 e. The van der Waals surface area contributed by atoms with E-state index in [1.54, 1.807) is 18.2 Å². The van der Waals surface area contributed by atoms with Crippen molar-refractivity contribution in [3.63, 3.8) is 0 Å². The van der Waals surface area contributed by atoms with Gasteiger partial charge in [0.25, 0.3) is 11.6 Å². The van der Waals surface area contributed by atoms with Crippen molar-refractivity contribution < 1.29 is 14.5 Å². The molecule has 32 heavy (non-hydrogen) atoms. The highest BCUT2D eigenvalue weighted by molar-refractivity contribution is 7.99. The van der Waals surface area contributed by atoms with E-state index in [2.05, 4.69) is 10.6 Å². The predicted molar refractivity (Wildman–Crippen MR) is 127 cm³/mol. The van der Waals surface area contributed by atoms with Gasteiger partial charge in [-0.15, -0.1) is 0 Å². The van der Waals surface area contributed by atoms with Crippen molar-refractivity contribution in [3.05, 3.63) is 69.3 Å². The highest BCUT2D eigenvalue weighted by Gasteiger charge is 2.38. The van der Waals surface area contributed by atoms with Crippen LogP contribution in [0.4, 0.5) is 11.4 Å². The molecule has 166 valence electrons. The fraction of sp³-hybridized carbons (Fsp3) is 0.304. The number of carbonyl (C=O) groups is 2. The summed E-state index contributed by atoms with van der Waals surface area (Å²) >= 11 is 1.48. The molecule has 2 aliphatic rings. The Balaban J connectivity index is 1.51. The number of carbonyl (C=O) groups excluding carboxylic acids is 2. The predicted octanol–water partition coefficient (Wildman–Crippen LogP) is 3.25. The Hall–Kier alpha value is -3.33. The third-order valence-electron chi connectivity index (χ3n) is 5.67. The Morgan fingerprint density at radius 1 is 1.28 bits per heavy atom. The molecular weight excluding hydrogens is 428 g/mol. The van der Waals surface area contributed by atoms with Crippen LogP contribution in [0.3, 0.4) is 0 Å². The van der Waals surface area contributed by atoms with Crippen LogP contribution in [0.15, 0.2) is 42.5 Å². The molecule has 8 nitrogen and oxygen atoms in total. The summed E-state index contributed by atoms with van der Waals surface area (Å²) in [7, 11) is 0. The molecule has 0 spiro atoms. The number of hydrogen-bond acceptors (Lipinski definition) is 6. The smallest absolute Gasteiger partial charge is 0.270 e. The van der Waals surface area contributed by atoms with Gasteiger partial charge in [-0.25, -0.2) is 0 Å². The third-order valence-corrected chi connectivity index (χ3v) is 6.22. The maximum atomic E-state index is 13.3. The molecule has 1 saturated heterocycles. The number of thioether (sulfide) groups is 1. The van der Waals surface area contributed by atoms with Crippen molar-refractivity contribution in [2.24, 2.45) is 0 Å². The number of nitro benzene ring substituents is 1. The first-order valence-electron chi connectivity index (χ1n) is 10.3. The van der Waals surface area contributed by atoms with Gasteiger partial charge >= 0.3 is 0 Å². The quantitative estimate of drug-likeness (QED) is 0.396. The number of non-ortho nitro benzene ring substituents is 1. The molecule has 0 aliphatic carbocycles. The second-order valence-corrected chi connectivity index (χ2v) is 8.78.